The number of hydrogen-bond donors (Lipinski definition) is 1. The summed E-state index contributed by atoms with van der Waals surface area (Å²) in [6, 6.07) is 16.6. The van der Waals surface area contributed by atoms with Crippen molar-refractivity contribution in [2.45, 2.75) is 38.8 Å². The molecule has 1 N–H and O–H groups in total. The molecule has 1 fully saturated rings. The van der Waals surface area contributed by atoms with E-state index in [1.54, 1.807) is 10.8 Å². The summed E-state index contributed by atoms with van der Waals surface area (Å²) in [6.07, 6.45) is 4.86. The van der Waals surface area contributed by atoms with Gasteiger partial charge in [-0.05, 0) is 37.8 Å². The van der Waals surface area contributed by atoms with Gasteiger partial charge >= 0.3 is 0 Å². The first-order valence-corrected chi connectivity index (χ1v) is 10.8. The van der Waals surface area contributed by atoms with Crippen LogP contribution < -0.4 is 5.32 Å². The van der Waals surface area contributed by atoms with Crippen molar-refractivity contribution in [1.82, 2.24) is 14.8 Å². The number of para-hydroxylation sites is 1. The van der Waals surface area contributed by atoms with Crippen LogP contribution in [-0.2, 0) is 16.1 Å². The number of ketones is 1. The Bertz CT molecular complexity index is 1100. The van der Waals surface area contributed by atoms with Crippen molar-refractivity contribution in [3.8, 4) is 0 Å². The molecule has 0 bridgehead atoms. The normalized spacial score (nSPS) is 14.9. The molecule has 2 aromatic carbocycles. The minimum absolute atomic E-state index is 0.0432. The second-order valence-corrected chi connectivity index (χ2v) is 8.06. The average molecular weight is 418 g/mol. The van der Waals surface area contributed by atoms with Crippen molar-refractivity contribution in [3.63, 3.8) is 0 Å². The number of nitrogens with zero attached hydrogens (tertiary/aromatic N) is 2. The lowest BCUT2D eigenvalue weighted by Gasteiger charge is -2.27. The fourth-order valence-electron chi connectivity index (χ4n) is 4.16. The SMILES string of the molecule is CC(NC(=O)C(=O)c1cn(CC(=O)N2CCCCC2)c2ccccc12)c1ccccc1. The zero-order chi connectivity index (χ0) is 21.8. The van der Waals surface area contributed by atoms with Crippen LogP contribution in [0.15, 0.2) is 60.8 Å². The molecular formula is C25H27N3O3. The van der Waals surface area contributed by atoms with Crippen molar-refractivity contribution >= 4 is 28.5 Å². The van der Waals surface area contributed by atoms with Gasteiger partial charge < -0.3 is 14.8 Å². The monoisotopic (exact) mass is 417 g/mol. The van der Waals surface area contributed by atoms with E-state index in [0.717, 1.165) is 43.4 Å². The smallest absolute Gasteiger partial charge is 0.292 e. The number of rotatable bonds is 6. The number of fused-ring (bicyclic) bond motifs is 1. The Morgan fingerprint density at radius 1 is 0.935 bits per heavy atom. The highest BCUT2D eigenvalue weighted by molar-refractivity contribution is 6.45. The number of aromatic nitrogens is 1. The molecule has 4 rings (SSSR count). The van der Waals surface area contributed by atoms with Gasteiger partial charge in [-0.25, -0.2) is 0 Å². The molecule has 1 aromatic heterocycles. The van der Waals surface area contributed by atoms with Gasteiger partial charge in [-0.15, -0.1) is 0 Å². The van der Waals surface area contributed by atoms with E-state index < -0.39 is 11.7 Å². The Morgan fingerprint density at radius 2 is 1.61 bits per heavy atom. The maximum Gasteiger partial charge on any atom is 0.292 e. The molecule has 31 heavy (non-hydrogen) atoms. The number of hydrogen-bond acceptors (Lipinski definition) is 3. The fraction of sp³-hybridized carbons (Fsp3) is 0.320. The topological polar surface area (TPSA) is 71.4 Å². The molecule has 1 aliphatic heterocycles. The molecule has 1 saturated heterocycles. The van der Waals surface area contributed by atoms with Gasteiger partial charge in [0, 0.05) is 30.2 Å². The van der Waals surface area contributed by atoms with Crippen LogP contribution in [-0.4, -0.2) is 40.2 Å². The predicted molar refractivity (Wildman–Crippen MR) is 120 cm³/mol. The van der Waals surface area contributed by atoms with Crippen LogP contribution in [0.4, 0.5) is 0 Å². The van der Waals surface area contributed by atoms with Gasteiger partial charge in [0.1, 0.15) is 6.54 Å². The highest BCUT2D eigenvalue weighted by Crippen LogP contribution is 2.23. The molecule has 0 radical (unpaired) electrons. The van der Waals surface area contributed by atoms with E-state index in [1.165, 1.54) is 0 Å². The van der Waals surface area contributed by atoms with Gasteiger partial charge in [0.15, 0.2) is 0 Å². The Morgan fingerprint density at radius 3 is 2.35 bits per heavy atom. The van der Waals surface area contributed by atoms with E-state index in [2.05, 4.69) is 5.32 Å². The Kier molecular flexibility index (Phi) is 6.16. The molecule has 6 heteroatoms. The Labute approximate surface area is 181 Å². The second-order valence-electron chi connectivity index (χ2n) is 8.06. The molecule has 0 saturated carbocycles. The predicted octanol–water partition coefficient (Wildman–Crippen LogP) is 3.71. The number of nitrogens with one attached hydrogen (secondary N) is 1. The summed E-state index contributed by atoms with van der Waals surface area (Å²) in [5.74, 6) is -1.20. The first-order valence-electron chi connectivity index (χ1n) is 10.8. The lowest BCUT2D eigenvalue weighted by atomic mass is 10.1. The third kappa shape index (κ3) is 4.53. The molecule has 1 unspecified atom stereocenters. The molecule has 160 valence electrons. The molecule has 0 aliphatic carbocycles. The number of benzene rings is 2. The van der Waals surface area contributed by atoms with Gasteiger partial charge in [0.05, 0.1) is 11.6 Å². The van der Waals surface area contributed by atoms with Crippen molar-refractivity contribution in [2.24, 2.45) is 0 Å². The van der Waals surface area contributed by atoms with Crippen LogP contribution >= 0.6 is 0 Å². The summed E-state index contributed by atoms with van der Waals surface area (Å²) in [4.78, 5) is 40.4. The third-order valence-corrected chi connectivity index (χ3v) is 5.90. The molecule has 3 aromatic rings. The van der Waals surface area contributed by atoms with Crippen molar-refractivity contribution in [2.75, 3.05) is 13.1 Å². The maximum atomic E-state index is 13.0. The number of likely N-dealkylation sites (tertiary alicyclic amines) is 1. The van der Waals surface area contributed by atoms with E-state index in [4.69, 9.17) is 0 Å². The third-order valence-electron chi connectivity index (χ3n) is 5.90. The summed E-state index contributed by atoms with van der Waals surface area (Å²) < 4.78 is 1.79. The van der Waals surface area contributed by atoms with Gasteiger partial charge in [0.2, 0.25) is 5.91 Å². The second kappa shape index (κ2) is 9.16. The Hall–Kier alpha value is -3.41. The molecular weight excluding hydrogens is 390 g/mol. The largest absolute Gasteiger partial charge is 0.343 e. The fourth-order valence-corrected chi connectivity index (χ4v) is 4.16. The van der Waals surface area contributed by atoms with Gasteiger partial charge in [-0.3, -0.25) is 14.4 Å². The van der Waals surface area contributed by atoms with Crippen LogP contribution in [0.25, 0.3) is 10.9 Å². The van der Waals surface area contributed by atoms with E-state index in [1.807, 2.05) is 66.4 Å². The van der Waals surface area contributed by atoms with Crippen molar-refractivity contribution in [1.29, 1.82) is 0 Å². The van der Waals surface area contributed by atoms with E-state index >= 15 is 0 Å². The lowest BCUT2D eigenvalue weighted by Crippen LogP contribution is -2.37. The maximum absolute atomic E-state index is 13.0. The minimum atomic E-state index is -0.651. The first kappa shape index (κ1) is 20.8. The van der Waals surface area contributed by atoms with Crippen molar-refractivity contribution in [3.05, 3.63) is 71.9 Å². The molecule has 1 atom stereocenters. The summed E-state index contributed by atoms with van der Waals surface area (Å²) in [7, 11) is 0. The molecule has 1 aliphatic rings. The number of carbonyl (C=O) groups excluding carboxylic acids is 3. The van der Waals surface area contributed by atoms with Crippen LogP contribution in [0.2, 0.25) is 0 Å². The highest BCUT2D eigenvalue weighted by atomic mass is 16.2. The van der Waals surface area contributed by atoms with Gasteiger partial charge in [-0.2, -0.15) is 0 Å². The van der Waals surface area contributed by atoms with E-state index in [-0.39, 0.29) is 18.5 Å². The number of piperidine rings is 1. The van der Waals surface area contributed by atoms with Gasteiger partial charge in [0.25, 0.3) is 11.7 Å². The van der Waals surface area contributed by atoms with Crippen LogP contribution in [0, 0.1) is 0 Å². The van der Waals surface area contributed by atoms with Gasteiger partial charge in [-0.1, -0.05) is 48.5 Å². The standard InChI is InChI=1S/C25H27N3O3/c1-18(19-10-4-2-5-11-19)26-25(31)24(30)21-16-28(22-13-7-6-12-20(21)22)17-23(29)27-14-8-3-9-15-27/h2,4-7,10-13,16,18H,3,8-9,14-15,17H2,1H3,(H,26,31). The summed E-state index contributed by atoms with van der Waals surface area (Å²) in [6.45, 7) is 3.57. The zero-order valence-corrected chi connectivity index (χ0v) is 17.7. The van der Waals surface area contributed by atoms with E-state index in [9.17, 15) is 14.4 Å². The lowest BCUT2D eigenvalue weighted by molar-refractivity contribution is -0.132. The summed E-state index contributed by atoms with van der Waals surface area (Å²) >= 11 is 0. The average Bonchev–Trinajstić information content (AvgIpc) is 3.18. The highest BCUT2D eigenvalue weighted by Gasteiger charge is 2.24. The van der Waals surface area contributed by atoms with Crippen LogP contribution in [0.3, 0.4) is 0 Å². The quantitative estimate of drug-likeness (QED) is 0.491. The number of amides is 2. The van der Waals surface area contributed by atoms with E-state index in [0.29, 0.717) is 10.9 Å². The molecule has 2 amide bonds. The molecule has 2 heterocycles. The minimum Gasteiger partial charge on any atom is -0.343 e. The van der Waals surface area contributed by atoms with Crippen LogP contribution in [0.1, 0.15) is 48.1 Å². The summed E-state index contributed by atoms with van der Waals surface area (Å²) in [5.41, 5.74) is 2.03. The first-order chi connectivity index (χ1) is 15.0. The Balaban J connectivity index is 1.55. The summed E-state index contributed by atoms with van der Waals surface area (Å²) in [5, 5.41) is 3.47. The van der Waals surface area contributed by atoms with Crippen LogP contribution in [0.5, 0.6) is 0 Å². The molecule has 0 spiro atoms. The number of Topliss-reactive ketones (excluding diaryl/α,β-unsaturated/α-hetero) is 1. The number of carbonyl (C=O) groups is 3. The zero-order valence-electron chi connectivity index (χ0n) is 17.7. The molecule has 6 nitrogen and oxygen atoms in total. The van der Waals surface area contributed by atoms with Crippen molar-refractivity contribution < 1.29 is 14.4 Å².